The molecule has 0 aromatic heterocycles. The highest BCUT2D eigenvalue weighted by atomic mass is 16.2. The number of amides is 1. The van der Waals surface area contributed by atoms with Gasteiger partial charge in [-0.05, 0) is 51.2 Å². The van der Waals surface area contributed by atoms with Crippen LogP contribution in [-0.2, 0) is 0 Å². The van der Waals surface area contributed by atoms with Gasteiger partial charge in [0.15, 0.2) is 0 Å². The second-order valence-electron chi connectivity index (χ2n) is 6.10. The third-order valence-corrected chi connectivity index (χ3v) is 4.78. The van der Waals surface area contributed by atoms with Gasteiger partial charge in [-0.3, -0.25) is 4.79 Å². The van der Waals surface area contributed by atoms with E-state index >= 15 is 0 Å². The lowest BCUT2D eigenvalue weighted by molar-refractivity contribution is 0.00528. The molecule has 3 rings (SSSR count). The Morgan fingerprint density at radius 1 is 1.32 bits per heavy atom. The molecule has 0 saturated carbocycles. The lowest BCUT2D eigenvalue weighted by atomic mass is 9.73. The van der Waals surface area contributed by atoms with Crippen molar-refractivity contribution in [3.63, 3.8) is 0 Å². The van der Waals surface area contributed by atoms with Crippen LogP contribution >= 0.6 is 0 Å². The Bertz CT molecular complexity index is 507. The van der Waals surface area contributed by atoms with Gasteiger partial charge in [-0.15, -0.1) is 0 Å². The molecule has 0 radical (unpaired) electrons. The largest absolute Gasteiger partial charge is 0.327 e. The van der Waals surface area contributed by atoms with Crippen LogP contribution in [0.1, 0.15) is 49.4 Å². The molecule has 1 amide bonds. The molecule has 2 bridgehead atoms. The molecule has 2 nitrogen and oxygen atoms in total. The van der Waals surface area contributed by atoms with Gasteiger partial charge in [-0.25, -0.2) is 0 Å². The highest BCUT2D eigenvalue weighted by Crippen LogP contribution is 2.44. The van der Waals surface area contributed by atoms with Crippen molar-refractivity contribution in [3.8, 4) is 0 Å². The number of carbonyl (C=O) groups is 1. The number of hydrogen-bond acceptors (Lipinski definition) is 1. The summed E-state index contributed by atoms with van der Waals surface area (Å²) in [5.41, 5.74) is 2.06. The molecule has 2 aliphatic heterocycles. The smallest absolute Gasteiger partial charge is 0.254 e. The van der Waals surface area contributed by atoms with Gasteiger partial charge in [-0.2, -0.15) is 0 Å². The molecule has 2 heterocycles. The Morgan fingerprint density at radius 3 is 2.79 bits per heavy atom. The molecule has 0 spiro atoms. The average Bonchev–Trinajstić information content (AvgIpc) is 2.43. The van der Waals surface area contributed by atoms with Crippen molar-refractivity contribution in [2.24, 2.45) is 0 Å². The second-order valence-corrected chi connectivity index (χ2v) is 6.10. The number of benzene rings is 1. The quantitative estimate of drug-likeness (QED) is 0.699. The predicted molar refractivity (Wildman–Crippen MR) is 77.0 cm³/mol. The van der Waals surface area contributed by atoms with E-state index < -0.39 is 0 Å². The Labute approximate surface area is 115 Å². The summed E-state index contributed by atoms with van der Waals surface area (Å²) in [6, 6.07) is 9.90. The second kappa shape index (κ2) is 4.52. The minimum atomic E-state index is 0.0248. The fourth-order valence-electron chi connectivity index (χ4n) is 3.64. The maximum atomic E-state index is 12.8. The first-order valence-electron chi connectivity index (χ1n) is 7.18. The first kappa shape index (κ1) is 12.5. The summed E-state index contributed by atoms with van der Waals surface area (Å²) in [7, 11) is 0. The average molecular weight is 255 g/mol. The fourth-order valence-corrected chi connectivity index (χ4v) is 3.64. The van der Waals surface area contributed by atoms with Crippen LogP contribution < -0.4 is 0 Å². The molecule has 2 aliphatic rings. The van der Waals surface area contributed by atoms with Crippen LogP contribution in [0.25, 0.3) is 0 Å². The van der Waals surface area contributed by atoms with E-state index in [1.54, 1.807) is 0 Å². The fraction of sp³-hybridized carbons (Fsp3) is 0.471. The van der Waals surface area contributed by atoms with E-state index in [1.165, 1.54) is 12.0 Å². The minimum absolute atomic E-state index is 0.0248. The zero-order chi connectivity index (χ0) is 13.5. The Kier molecular flexibility index (Phi) is 2.96. The molecule has 2 fully saturated rings. The van der Waals surface area contributed by atoms with E-state index in [-0.39, 0.29) is 17.5 Å². The summed E-state index contributed by atoms with van der Waals surface area (Å²) in [5.74, 6) is 0.175. The van der Waals surface area contributed by atoms with Gasteiger partial charge in [0.2, 0.25) is 0 Å². The molecule has 0 N–H and O–H groups in total. The zero-order valence-electron chi connectivity index (χ0n) is 11.6. The van der Waals surface area contributed by atoms with E-state index in [1.807, 2.05) is 30.3 Å². The number of nitrogens with zero attached hydrogens (tertiary/aromatic N) is 1. The van der Waals surface area contributed by atoms with Gasteiger partial charge in [0.1, 0.15) is 0 Å². The summed E-state index contributed by atoms with van der Waals surface area (Å²) in [6.07, 6.45) is 5.53. The molecule has 100 valence electrons. The number of hydrogen-bond donors (Lipinski definition) is 0. The van der Waals surface area contributed by atoms with E-state index in [0.717, 1.165) is 31.2 Å². The molecule has 1 aromatic rings. The topological polar surface area (TPSA) is 20.3 Å². The lowest BCUT2D eigenvalue weighted by Gasteiger charge is -2.54. The molecule has 19 heavy (non-hydrogen) atoms. The molecule has 2 heteroatoms. The molecular formula is C17H21NO. The predicted octanol–water partition coefficient (Wildman–Crippen LogP) is 3.79. The minimum Gasteiger partial charge on any atom is -0.327 e. The van der Waals surface area contributed by atoms with Gasteiger partial charge in [0, 0.05) is 11.1 Å². The molecule has 2 atom stereocenters. The molecule has 2 saturated heterocycles. The zero-order valence-corrected chi connectivity index (χ0v) is 11.6. The van der Waals surface area contributed by atoms with Crippen molar-refractivity contribution in [2.75, 3.05) is 0 Å². The van der Waals surface area contributed by atoms with E-state index in [9.17, 15) is 4.79 Å². The SMILES string of the molecule is C=C1CC[C@@]2(C)CCC[C@@H]1N2C(=O)c1ccccc1. The standard InChI is InChI=1S/C17H21NO/c1-13-10-12-17(2)11-6-9-15(13)18(17)16(19)14-7-4-3-5-8-14/h3-5,7-8,15H,1,6,9-12H2,2H3/t15-,17+/m0/s1. The van der Waals surface area contributed by atoms with Crippen LogP contribution in [0.4, 0.5) is 0 Å². The maximum Gasteiger partial charge on any atom is 0.254 e. The summed E-state index contributed by atoms with van der Waals surface area (Å²) in [4.78, 5) is 15.0. The number of carbonyl (C=O) groups excluding carboxylic acids is 1. The van der Waals surface area contributed by atoms with Crippen molar-refractivity contribution in [1.29, 1.82) is 0 Å². The highest BCUT2D eigenvalue weighted by Gasteiger charge is 2.46. The molecule has 1 aromatic carbocycles. The number of rotatable bonds is 1. The first-order valence-corrected chi connectivity index (χ1v) is 7.18. The van der Waals surface area contributed by atoms with E-state index in [0.29, 0.717) is 0 Å². The van der Waals surface area contributed by atoms with Crippen LogP contribution in [-0.4, -0.2) is 22.4 Å². The Morgan fingerprint density at radius 2 is 2.05 bits per heavy atom. The monoisotopic (exact) mass is 255 g/mol. The van der Waals surface area contributed by atoms with E-state index in [2.05, 4.69) is 18.4 Å². The molecular weight excluding hydrogens is 234 g/mol. The van der Waals surface area contributed by atoms with Crippen LogP contribution in [0.5, 0.6) is 0 Å². The first-order chi connectivity index (χ1) is 9.12. The van der Waals surface area contributed by atoms with Gasteiger partial charge in [0.05, 0.1) is 6.04 Å². The Balaban J connectivity index is 1.97. The maximum absolute atomic E-state index is 12.8. The van der Waals surface area contributed by atoms with Gasteiger partial charge >= 0.3 is 0 Å². The van der Waals surface area contributed by atoms with Crippen molar-refractivity contribution in [3.05, 3.63) is 48.0 Å². The molecule has 0 unspecified atom stereocenters. The van der Waals surface area contributed by atoms with Crippen molar-refractivity contribution in [2.45, 2.75) is 50.6 Å². The van der Waals surface area contributed by atoms with Gasteiger partial charge in [-0.1, -0.05) is 30.4 Å². The number of piperidine rings is 2. The van der Waals surface area contributed by atoms with Crippen molar-refractivity contribution < 1.29 is 4.79 Å². The van der Waals surface area contributed by atoms with Crippen LogP contribution in [0.2, 0.25) is 0 Å². The number of fused-ring (bicyclic) bond motifs is 2. The summed E-state index contributed by atoms with van der Waals surface area (Å²) in [5, 5.41) is 0. The van der Waals surface area contributed by atoms with Crippen LogP contribution in [0.3, 0.4) is 0 Å². The Hall–Kier alpha value is -1.57. The van der Waals surface area contributed by atoms with Crippen molar-refractivity contribution >= 4 is 5.91 Å². The van der Waals surface area contributed by atoms with Gasteiger partial charge < -0.3 is 4.90 Å². The van der Waals surface area contributed by atoms with Gasteiger partial charge in [0.25, 0.3) is 5.91 Å². The van der Waals surface area contributed by atoms with Crippen molar-refractivity contribution in [1.82, 2.24) is 4.90 Å². The summed E-state index contributed by atoms with van der Waals surface area (Å²) < 4.78 is 0. The van der Waals surface area contributed by atoms with Crippen LogP contribution in [0, 0.1) is 0 Å². The highest BCUT2D eigenvalue weighted by molar-refractivity contribution is 5.95. The summed E-state index contributed by atoms with van der Waals surface area (Å²) >= 11 is 0. The third kappa shape index (κ3) is 1.99. The lowest BCUT2D eigenvalue weighted by Crippen LogP contribution is -2.60. The molecule has 0 aliphatic carbocycles. The summed E-state index contributed by atoms with van der Waals surface area (Å²) in [6.45, 7) is 6.44. The normalized spacial score (nSPS) is 30.3. The van der Waals surface area contributed by atoms with Crippen LogP contribution in [0.15, 0.2) is 42.5 Å². The third-order valence-electron chi connectivity index (χ3n) is 4.78. The van der Waals surface area contributed by atoms with E-state index in [4.69, 9.17) is 0 Å².